The van der Waals surface area contributed by atoms with Gasteiger partial charge in [0, 0.05) is 0 Å². The average Bonchev–Trinajstić information content (AvgIpc) is 2.05. The van der Waals surface area contributed by atoms with Gasteiger partial charge in [0.1, 0.15) is 0 Å². The van der Waals surface area contributed by atoms with E-state index in [2.05, 4.69) is 5.11 Å². The Morgan fingerprint density at radius 2 is 1.91 bits per heavy atom. The predicted molar refractivity (Wildman–Crippen MR) is 40.3 cm³/mol. The molecule has 0 heterocycles. The van der Waals surface area contributed by atoms with Gasteiger partial charge < -0.3 is 4.55 Å². The quantitative estimate of drug-likeness (QED) is 0.525. The highest BCUT2D eigenvalue weighted by Gasteiger charge is 1.97. The van der Waals surface area contributed by atoms with E-state index >= 15 is 0 Å². The molecule has 0 aromatic heterocycles. The van der Waals surface area contributed by atoms with Crippen molar-refractivity contribution in [2.45, 2.75) is 4.90 Å². The molecule has 5 heteroatoms. The lowest BCUT2D eigenvalue weighted by Gasteiger charge is -1.93. The smallest absolute Gasteiger partial charge is 0.186 e. The number of rotatable bonds is 2. The summed E-state index contributed by atoms with van der Waals surface area (Å²) in [6, 6.07) is 5.94. The summed E-state index contributed by atoms with van der Waals surface area (Å²) in [5.41, 5.74) is 7.08. The van der Waals surface area contributed by atoms with Crippen LogP contribution in [0.1, 0.15) is 0 Å². The molecule has 0 saturated carbocycles. The molecule has 0 aliphatic carbocycles. The second-order valence-corrected chi connectivity index (χ2v) is 2.82. The number of nitrogens with one attached hydrogen (secondary N) is 1. The van der Waals surface area contributed by atoms with E-state index in [1.807, 2.05) is 0 Å². The highest BCUT2D eigenvalue weighted by Crippen LogP contribution is 2.13. The Kier molecular flexibility index (Phi) is 2.45. The number of hydrogen-bond acceptors (Lipinski definition) is 3. The number of hydrogen-bond donors (Lipinski definition) is 2. The molecule has 1 atom stereocenters. The normalized spacial score (nSPS) is 12.5. The lowest BCUT2D eigenvalue weighted by atomic mass is 10.3. The molecule has 0 spiro atoms. The second kappa shape index (κ2) is 3.36. The number of nitrogens with zero attached hydrogens (tertiary/aromatic N) is 1. The maximum atomic E-state index is 10.4. The molecule has 0 bridgehead atoms. The maximum absolute atomic E-state index is 10.4. The molecule has 0 radical (unpaired) electrons. The maximum Gasteiger partial charge on any atom is 0.186 e. The highest BCUT2D eigenvalue weighted by atomic mass is 32.2. The fraction of sp³-hybridized carbons (Fsp3) is 0. The van der Waals surface area contributed by atoms with E-state index in [-0.39, 0.29) is 0 Å². The largest absolute Gasteiger partial charge is 0.302 e. The molecular weight excluding hydrogens is 164 g/mol. The molecule has 0 aliphatic heterocycles. The average molecular weight is 170 g/mol. The molecule has 1 rings (SSSR count). The van der Waals surface area contributed by atoms with Crippen molar-refractivity contribution in [3.8, 4) is 0 Å². The third kappa shape index (κ3) is 1.92. The molecule has 4 nitrogen and oxygen atoms in total. The highest BCUT2D eigenvalue weighted by molar-refractivity contribution is 7.79. The fourth-order valence-corrected chi connectivity index (χ4v) is 1.01. The van der Waals surface area contributed by atoms with Crippen LogP contribution in [0.15, 0.2) is 34.3 Å². The number of benzene rings is 1. The van der Waals surface area contributed by atoms with Crippen LogP contribution in [0.2, 0.25) is 0 Å². The Labute approximate surface area is 66.0 Å². The molecule has 1 aromatic rings. The van der Waals surface area contributed by atoms with Gasteiger partial charge in [-0.15, -0.1) is 0 Å². The van der Waals surface area contributed by atoms with Crippen LogP contribution in [0.4, 0.5) is 5.69 Å². The van der Waals surface area contributed by atoms with Crippen LogP contribution in [0.5, 0.6) is 0 Å². The van der Waals surface area contributed by atoms with Gasteiger partial charge in [0.25, 0.3) is 0 Å². The van der Waals surface area contributed by atoms with E-state index in [0.29, 0.717) is 10.6 Å². The molecule has 58 valence electrons. The van der Waals surface area contributed by atoms with E-state index in [0.717, 1.165) is 0 Å². The van der Waals surface area contributed by atoms with Crippen molar-refractivity contribution in [3.63, 3.8) is 0 Å². The first kappa shape index (κ1) is 8.03. The summed E-state index contributed by atoms with van der Waals surface area (Å²) in [4.78, 5) is 0.317. The van der Waals surface area contributed by atoms with Gasteiger partial charge in [-0.05, 0) is 24.3 Å². The predicted octanol–water partition coefficient (Wildman–Crippen LogP) is 1.93. The fourth-order valence-electron chi connectivity index (χ4n) is 0.637. The third-order valence-corrected chi connectivity index (χ3v) is 1.84. The molecular formula is C6H6N2O2S. The van der Waals surface area contributed by atoms with E-state index in [4.69, 9.17) is 10.1 Å². The van der Waals surface area contributed by atoms with Gasteiger partial charge in [0.2, 0.25) is 0 Å². The monoisotopic (exact) mass is 170 g/mol. The minimum atomic E-state index is -1.94. The van der Waals surface area contributed by atoms with Gasteiger partial charge in [0.05, 0.1) is 10.6 Å². The SMILES string of the molecule is N=Nc1ccc(S(=O)O)cc1. The van der Waals surface area contributed by atoms with E-state index in [1.54, 1.807) is 0 Å². The Hall–Kier alpha value is -1.07. The Morgan fingerprint density at radius 3 is 2.27 bits per heavy atom. The topological polar surface area (TPSA) is 73.5 Å². The molecule has 0 amide bonds. The van der Waals surface area contributed by atoms with Crippen molar-refractivity contribution in [1.82, 2.24) is 0 Å². The van der Waals surface area contributed by atoms with Gasteiger partial charge in [-0.1, -0.05) is 0 Å². The van der Waals surface area contributed by atoms with Crippen LogP contribution in [-0.2, 0) is 11.1 Å². The van der Waals surface area contributed by atoms with Gasteiger partial charge in [-0.25, -0.2) is 9.74 Å². The minimum Gasteiger partial charge on any atom is -0.302 e. The Morgan fingerprint density at radius 1 is 1.36 bits per heavy atom. The standard InChI is InChI=1S/C6H6N2O2S/c7-8-5-1-3-6(4-2-5)11(9)10/h1-4,7H,(H,9,10). The van der Waals surface area contributed by atoms with Crippen LogP contribution in [0, 0.1) is 5.53 Å². The van der Waals surface area contributed by atoms with E-state index in [9.17, 15) is 4.21 Å². The third-order valence-electron chi connectivity index (χ3n) is 1.17. The molecule has 0 fully saturated rings. The molecule has 1 aromatic carbocycles. The summed E-state index contributed by atoms with van der Waals surface area (Å²) in [6.07, 6.45) is 0. The summed E-state index contributed by atoms with van der Waals surface area (Å²) >= 11 is -1.94. The van der Waals surface area contributed by atoms with Gasteiger partial charge in [0.15, 0.2) is 11.1 Å². The first-order valence-corrected chi connectivity index (χ1v) is 3.93. The zero-order valence-corrected chi connectivity index (χ0v) is 6.34. The van der Waals surface area contributed by atoms with Gasteiger partial charge in [-0.3, -0.25) is 0 Å². The molecule has 1 unspecified atom stereocenters. The first-order chi connectivity index (χ1) is 5.24. The second-order valence-electron chi connectivity index (χ2n) is 1.85. The summed E-state index contributed by atoms with van der Waals surface area (Å²) < 4.78 is 19.0. The summed E-state index contributed by atoms with van der Waals surface area (Å²) in [6.45, 7) is 0. The minimum absolute atomic E-state index is 0.317. The zero-order valence-electron chi connectivity index (χ0n) is 5.52. The van der Waals surface area contributed by atoms with Crippen molar-refractivity contribution in [2.75, 3.05) is 0 Å². The summed E-state index contributed by atoms with van der Waals surface area (Å²) in [7, 11) is 0. The summed E-state index contributed by atoms with van der Waals surface area (Å²) in [5, 5.41) is 3.14. The lowest BCUT2D eigenvalue weighted by Crippen LogP contribution is -1.85. The molecule has 11 heavy (non-hydrogen) atoms. The van der Waals surface area contributed by atoms with Crippen LogP contribution in [-0.4, -0.2) is 8.76 Å². The van der Waals surface area contributed by atoms with Crippen molar-refractivity contribution in [3.05, 3.63) is 24.3 Å². The first-order valence-electron chi connectivity index (χ1n) is 2.82. The van der Waals surface area contributed by atoms with Crippen molar-refractivity contribution in [2.24, 2.45) is 5.11 Å². The van der Waals surface area contributed by atoms with Crippen molar-refractivity contribution < 1.29 is 8.76 Å². The molecule has 0 aliphatic rings. The van der Waals surface area contributed by atoms with Crippen LogP contribution in [0.3, 0.4) is 0 Å². The van der Waals surface area contributed by atoms with Crippen LogP contribution < -0.4 is 0 Å². The molecule has 2 N–H and O–H groups in total. The van der Waals surface area contributed by atoms with Gasteiger partial charge in [-0.2, -0.15) is 5.11 Å². The van der Waals surface area contributed by atoms with Gasteiger partial charge >= 0.3 is 0 Å². The van der Waals surface area contributed by atoms with Crippen molar-refractivity contribution in [1.29, 1.82) is 5.53 Å². The van der Waals surface area contributed by atoms with Crippen LogP contribution >= 0.6 is 0 Å². The lowest BCUT2D eigenvalue weighted by molar-refractivity contribution is 0.564. The zero-order chi connectivity index (χ0) is 8.27. The Balaban J connectivity index is 3.00. The van der Waals surface area contributed by atoms with E-state index < -0.39 is 11.1 Å². The van der Waals surface area contributed by atoms with Crippen LogP contribution in [0.25, 0.3) is 0 Å². The summed E-state index contributed by atoms with van der Waals surface area (Å²) in [5.74, 6) is 0. The Bertz CT molecular complexity index is 283. The van der Waals surface area contributed by atoms with E-state index in [1.165, 1.54) is 24.3 Å². The van der Waals surface area contributed by atoms with Crippen molar-refractivity contribution >= 4 is 16.8 Å². The molecule has 0 saturated heterocycles.